The van der Waals surface area contributed by atoms with Gasteiger partial charge in [-0.1, -0.05) is 35.3 Å². The van der Waals surface area contributed by atoms with E-state index in [4.69, 9.17) is 23.2 Å². The second-order valence-corrected chi connectivity index (χ2v) is 4.15. The van der Waals surface area contributed by atoms with Crippen LogP contribution in [0, 0.1) is 11.6 Å². The highest BCUT2D eigenvalue weighted by Gasteiger charge is 2.08. The minimum atomic E-state index is -0.640. The molecule has 0 saturated heterocycles. The Kier molecular flexibility index (Phi) is 3.89. The zero-order valence-corrected chi connectivity index (χ0v) is 10.4. The summed E-state index contributed by atoms with van der Waals surface area (Å²) in [6.07, 6.45) is 0. The van der Waals surface area contributed by atoms with Crippen molar-refractivity contribution in [3.63, 3.8) is 0 Å². The first-order chi connectivity index (χ1) is 8.59. The van der Waals surface area contributed by atoms with Gasteiger partial charge in [0.1, 0.15) is 11.4 Å². The van der Waals surface area contributed by atoms with Gasteiger partial charge in [0.15, 0.2) is 11.6 Å². The van der Waals surface area contributed by atoms with E-state index in [2.05, 4.69) is 10.2 Å². The van der Waals surface area contributed by atoms with Crippen molar-refractivity contribution in [3.05, 3.63) is 58.1 Å². The van der Waals surface area contributed by atoms with Crippen molar-refractivity contribution in [1.82, 2.24) is 0 Å². The number of hydrogen-bond acceptors (Lipinski definition) is 2. The zero-order chi connectivity index (χ0) is 13.1. The third-order valence-electron chi connectivity index (χ3n) is 2.13. The normalized spacial score (nSPS) is 11.1. The van der Waals surface area contributed by atoms with Gasteiger partial charge in [-0.25, -0.2) is 8.78 Å². The van der Waals surface area contributed by atoms with Gasteiger partial charge in [0.05, 0.1) is 10.0 Å². The molecule has 0 aromatic heterocycles. The predicted molar refractivity (Wildman–Crippen MR) is 67.0 cm³/mol. The summed E-state index contributed by atoms with van der Waals surface area (Å²) in [5, 5.41) is 7.36. The second-order valence-electron chi connectivity index (χ2n) is 3.34. The molecule has 0 heterocycles. The Morgan fingerprint density at radius 1 is 0.722 bits per heavy atom. The van der Waals surface area contributed by atoms with E-state index >= 15 is 0 Å². The number of hydrogen-bond donors (Lipinski definition) is 0. The zero-order valence-electron chi connectivity index (χ0n) is 8.87. The lowest BCUT2D eigenvalue weighted by molar-refractivity contribution is 0.623. The average Bonchev–Trinajstić information content (AvgIpc) is 2.31. The van der Waals surface area contributed by atoms with Gasteiger partial charge in [-0.2, -0.15) is 0 Å². The fourth-order valence-corrected chi connectivity index (χ4v) is 1.67. The highest BCUT2D eigenvalue weighted by molar-refractivity contribution is 6.33. The molecule has 2 rings (SSSR count). The molecule has 92 valence electrons. The van der Waals surface area contributed by atoms with Gasteiger partial charge in [-0.3, -0.25) is 0 Å². The van der Waals surface area contributed by atoms with Crippen molar-refractivity contribution in [2.75, 3.05) is 0 Å². The number of halogens is 4. The monoisotopic (exact) mass is 286 g/mol. The van der Waals surface area contributed by atoms with Gasteiger partial charge in [-0.15, -0.1) is 10.2 Å². The molecule has 0 aliphatic rings. The van der Waals surface area contributed by atoms with E-state index in [-0.39, 0.29) is 21.4 Å². The summed E-state index contributed by atoms with van der Waals surface area (Å²) in [4.78, 5) is 0. The molecule has 0 spiro atoms. The van der Waals surface area contributed by atoms with Crippen molar-refractivity contribution in [1.29, 1.82) is 0 Å². The molecule has 0 fully saturated rings. The molecule has 0 aliphatic carbocycles. The largest absolute Gasteiger partial charge is 0.204 e. The van der Waals surface area contributed by atoms with E-state index in [0.29, 0.717) is 0 Å². The third-order valence-corrected chi connectivity index (χ3v) is 2.74. The molecule has 2 aromatic rings. The Bertz CT molecular complexity index is 521. The highest BCUT2D eigenvalue weighted by atomic mass is 35.5. The molecule has 0 radical (unpaired) electrons. The van der Waals surface area contributed by atoms with Crippen LogP contribution in [0.1, 0.15) is 0 Å². The first kappa shape index (κ1) is 12.9. The maximum Gasteiger partial charge on any atom is 0.152 e. The molecule has 2 nitrogen and oxygen atoms in total. The lowest BCUT2D eigenvalue weighted by atomic mass is 10.3. The Balaban J connectivity index is 2.43. The van der Waals surface area contributed by atoms with Crippen molar-refractivity contribution in [3.8, 4) is 0 Å². The Morgan fingerprint density at radius 2 is 1.11 bits per heavy atom. The molecule has 18 heavy (non-hydrogen) atoms. The molecule has 2 aromatic carbocycles. The van der Waals surface area contributed by atoms with Crippen molar-refractivity contribution in [2.45, 2.75) is 0 Å². The van der Waals surface area contributed by atoms with Crippen LogP contribution in [0.4, 0.5) is 20.2 Å². The summed E-state index contributed by atoms with van der Waals surface area (Å²) >= 11 is 11.5. The molecule has 0 bridgehead atoms. The second kappa shape index (κ2) is 5.42. The molecule has 6 heteroatoms. The first-order valence-corrected chi connectivity index (χ1v) is 5.65. The van der Waals surface area contributed by atoms with Crippen LogP contribution in [0.15, 0.2) is 46.6 Å². The van der Waals surface area contributed by atoms with Gasteiger partial charge in [0.2, 0.25) is 0 Å². The fourth-order valence-electron chi connectivity index (χ4n) is 1.27. The Labute approximate surface area is 112 Å². The molecule has 0 amide bonds. The summed E-state index contributed by atoms with van der Waals surface area (Å²) in [6.45, 7) is 0. The standard InChI is InChI=1S/C12H6Cl2F2N2/c13-7-3-1-5-9(15)11(7)17-18-12-8(14)4-2-6-10(12)16/h1-6H. The summed E-state index contributed by atoms with van der Waals surface area (Å²) in [6, 6.07) is 8.16. The first-order valence-electron chi connectivity index (χ1n) is 4.89. The van der Waals surface area contributed by atoms with Gasteiger partial charge >= 0.3 is 0 Å². The molecule has 0 N–H and O–H groups in total. The van der Waals surface area contributed by atoms with Crippen LogP contribution >= 0.6 is 23.2 Å². The van der Waals surface area contributed by atoms with Gasteiger partial charge in [0.25, 0.3) is 0 Å². The molecule has 0 aliphatic heterocycles. The molecule has 0 saturated carbocycles. The summed E-state index contributed by atoms with van der Waals surface area (Å²) < 4.78 is 26.8. The van der Waals surface area contributed by atoms with E-state index in [9.17, 15) is 8.78 Å². The predicted octanol–water partition coefficient (Wildman–Crippen LogP) is 5.69. The Morgan fingerprint density at radius 3 is 1.44 bits per heavy atom. The number of rotatable bonds is 2. The minimum absolute atomic E-state index is 0.0891. The SMILES string of the molecule is Fc1cccc(Cl)c1N=Nc1c(F)cccc1Cl. The van der Waals surface area contributed by atoms with Crippen LogP contribution in [0.5, 0.6) is 0 Å². The van der Waals surface area contributed by atoms with E-state index in [1.54, 1.807) is 0 Å². The highest BCUT2D eigenvalue weighted by Crippen LogP contribution is 2.32. The maximum absolute atomic E-state index is 13.4. The summed E-state index contributed by atoms with van der Waals surface area (Å²) in [7, 11) is 0. The molecular formula is C12H6Cl2F2N2. The van der Waals surface area contributed by atoms with E-state index < -0.39 is 11.6 Å². The van der Waals surface area contributed by atoms with Crippen LogP contribution < -0.4 is 0 Å². The van der Waals surface area contributed by atoms with Crippen LogP contribution in [-0.2, 0) is 0 Å². The lowest BCUT2D eigenvalue weighted by Gasteiger charge is -2.00. The molecule has 0 unspecified atom stereocenters. The van der Waals surface area contributed by atoms with Crippen LogP contribution in [0.25, 0.3) is 0 Å². The van der Waals surface area contributed by atoms with Crippen molar-refractivity contribution >= 4 is 34.6 Å². The minimum Gasteiger partial charge on any atom is -0.204 e. The van der Waals surface area contributed by atoms with E-state index in [1.165, 1.54) is 36.4 Å². The number of nitrogens with zero attached hydrogens (tertiary/aromatic N) is 2. The average molecular weight is 287 g/mol. The number of benzene rings is 2. The van der Waals surface area contributed by atoms with Crippen molar-refractivity contribution < 1.29 is 8.78 Å². The van der Waals surface area contributed by atoms with Gasteiger partial charge < -0.3 is 0 Å². The molecule has 0 atom stereocenters. The van der Waals surface area contributed by atoms with Crippen LogP contribution in [0.2, 0.25) is 10.0 Å². The van der Waals surface area contributed by atoms with Crippen molar-refractivity contribution in [2.24, 2.45) is 10.2 Å². The fraction of sp³-hybridized carbons (Fsp3) is 0. The van der Waals surface area contributed by atoms with Crippen LogP contribution in [0.3, 0.4) is 0 Å². The topological polar surface area (TPSA) is 24.7 Å². The molecular weight excluding hydrogens is 281 g/mol. The number of azo groups is 1. The van der Waals surface area contributed by atoms with E-state index in [1.807, 2.05) is 0 Å². The Hall–Kier alpha value is -1.52. The summed E-state index contributed by atoms with van der Waals surface area (Å²) in [5.41, 5.74) is -0.308. The van der Waals surface area contributed by atoms with Gasteiger partial charge in [-0.05, 0) is 24.3 Å². The third kappa shape index (κ3) is 2.66. The van der Waals surface area contributed by atoms with E-state index in [0.717, 1.165) is 0 Å². The maximum atomic E-state index is 13.4. The van der Waals surface area contributed by atoms with Gasteiger partial charge in [0, 0.05) is 0 Å². The quantitative estimate of drug-likeness (QED) is 0.634. The smallest absolute Gasteiger partial charge is 0.152 e. The van der Waals surface area contributed by atoms with Crippen LogP contribution in [-0.4, -0.2) is 0 Å². The summed E-state index contributed by atoms with van der Waals surface area (Å²) in [5.74, 6) is -1.28. The lowest BCUT2D eigenvalue weighted by Crippen LogP contribution is -1.78.